The molecule has 3 aromatic rings. The van der Waals surface area contributed by atoms with E-state index in [9.17, 15) is 10.4 Å². The van der Waals surface area contributed by atoms with Crippen molar-refractivity contribution in [1.29, 1.82) is 5.26 Å². The number of nitrogens with one attached hydrogen (secondary N) is 1. The van der Waals surface area contributed by atoms with E-state index in [0.717, 1.165) is 31.0 Å². The summed E-state index contributed by atoms with van der Waals surface area (Å²) in [7, 11) is 0. The fourth-order valence-corrected chi connectivity index (χ4v) is 4.77. The van der Waals surface area contributed by atoms with E-state index in [1.165, 1.54) is 23.1 Å². The largest absolute Gasteiger partial charge is 0.510 e. The number of allylic oxidation sites excluding steroid dienone is 1. The van der Waals surface area contributed by atoms with Gasteiger partial charge in [0.1, 0.15) is 17.4 Å². The van der Waals surface area contributed by atoms with Crippen molar-refractivity contribution in [2.45, 2.75) is 15.6 Å². The lowest BCUT2D eigenvalue weighted by molar-refractivity contribution is 0.420. The van der Waals surface area contributed by atoms with Crippen molar-refractivity contribution < 1.29 is 5.11 Å². The minimum atomic E-state index is -0.0390. The van der Waals surface area contributed by atoms with Crippen LogP contribution in [0.15, 0.2) is 50.9 Å². The predicted molar refractivity (Wildman–Crippen MR) is 107 cm³/mol. The molecule has 2 N–H and O–H groups in total. The van der Waals surface area contributed by atoms with Gasteiger partial charge in [-0.15, -0.1) is 10.2 Å². The summed E-state index contributed by atoms with van der Waals surface area (Å²) in [5, 5.41) is 28.0. The van der Waals surface area contributed by atoms with Crippen LogP contribution >= 0.6 is 34.9 Å². The van der Waals surface area contributed by atoms with Crippen molar-refractivity contribution in [2.24, 2.45) is 0 Å². The van der Waals surface area contributed by atoms with Crippen molar-refractivity contribution in [3.8, 4) is 6.07 Å². The van der Waals surface area contributed by atoms with Gasteiger partial charge in [0, 0.05) is 5.75 Å². The third-order valence-electron chi connectivity index (χ3n) is 3.19. The number of nitrogens with zero attached hydrogens (tertiary/aromatic N) is 4. The fraction of sp³-hybridized carbons (Fsp3) is 0.176. The van der Waals surface area contributed by atoms with Crippen LogP contribution in [-0.2, 0) is 0 Å². The Hall–Kier alpha value is -2.28. The number of aromatic amines is 1. The molecule has 9 heteroatoms. The van der Waals surface area contributed by atoms with Gasteiger partial charge in [-0.25, -0.2) is 4.98 Å². The molecule has 0 unspecified atom stereocenters. The summed E-state index contributed by atoms with van der Waals surface area (Å²) in [4.78, 5) is 7.42. The second-order valence-corrected chi connectivity index (χ2v) is 8.83. The van der Waals surface area contributed by atoms with Crippen LogP contribution in [0.5, 0.6) is 0 Å². The highest BCUT2D eigenvalue weighted by Crippen LogP contribution is 2.31. The van der Waals surface area contributed by atoms with Crippen LogP contribution in [0.3, 0.4) is 0 Å². The molecule has 0 saturated heterocycles. The summed E-state index contributed by atoms with van der Waals surface area (Å²) in [6.45, 7) is 5.83. The number of aliphatic hydroxyl groups is 1. The van der Waals surface area contributed by atoms with Crippen molar-refractivity contribution >= 4 is 51.5 Å². The molecule has 0 aliphatic heterocycles. The molecule has 0 radical (unpaired) electrons. The van der Waals surface area contributed by atoms with E-state index in [0.29, 0.717) is 5.82 Å². The summed E-state index contributed by atoms with van der Waals surface area (Å²) < 4.78 is 1.60. The number of hydrogen-bond donors (Lipinski definition) is 2. The number of thioether (sulfide) groups is 2. The Morgan fingerprint density at radius 2 is 1.96 bits per heavy atom. The van der Waals surface area contributed by atoms with Gasteiger partial charge >= 0.3 is 0 Å². The van der Waals surface area contributed by atoms with Gasteiger partial charge in [0.2, 0.25) is 0 Å². The Labute approximate surface area is 163 Å². The number of para-hydroxylation sites is 2. The van der Waals surface area contributed by atoms with E-state index < -0.39 is 0 Å². The maximum atomic E-state index is 10.3. The second kappa shape index (κ2) is 8.40. The van der Waals surface area contributed by atoms with Crippen LogP contribution in [0.2, 0.25) is 0 Å². The van der Waals surface area contributed by atoms with Crippen LogP contribution in [0, 0.1) is 11.3 Å². The standard InChI is InChI=1S/C17H15N5OS3/c1-10(2)8-24-16-21-22-17(26-16)25-9-14(23)11(7-18)15-19-12-5-3-4-6-13(12)20-15/h3-6,23H,1,8-9H2,2H3,(H,19,20)/b14-11-. The molecule has 3 rings (SSSR count). The van der Waals surface area contributed by atoms with Gasteiger partial charge in [-0.1, -0.05) is 59.1 Å². The van der Waals surface area contributed by atoms with Gasteiger partial charge in [0.05, 0.1) is 16.8 Å². The molecule has 0 aliphatic rings. The highest BCUT2D eigenvalue weighted by Gasteiger charge is 2.14. The molecule has 26 heavy (non-hydrogen) atoms. The molecule has 0 aliphatic carbocycles. The zero-order valence-electron chi connectivity index (χ0n) is 13.9. The van der Waals surface area contributed by atoms with Crippen LogP contribution in [-0.4, -0.2) is 36.8 Å². The lowest BCUT2D eigenvalue weighted by Gasteiger charge is -2.00. The van der Waals surface area contributed by atoms with Crippen LogP contribution in [0.1, 0.15) is 12.7 Å². The van der Waals surface area contributed by atoms with Gasteiger partial charge in [0.15, 0.2) is 14.5 Å². The number of imidazole rings is 1. The summed E-state index contributed by atoms with van der Waals surface area (Å²) in [5.74, 6) is 1.35. The fourth-order valence-electron chi connectivity index (χ4n) is 2.03. The van der Waals surface area contributed by atoms with E-state index in [1.54, 1.807) is 11.8 Å². The number of hydrogen-bond acceptors (Lipinski definition) is 8. The average molecular weight is 402 g/mol. The summed E-state index contributed by atoms with van der Waals surface area (Å²) >= 11 is 4.38. The molecule has 0 amide bonds. The summed E-state index contributed by atoms with van der Waals surface area (Å²) in [6, 6.07) is 9.51. The number of fused-ring (bicyclic) bond motifs is 1. The van der Waals surface area contributed by atoms with Gasteiger partial charge in [-0.05, 0) is 19.1 Å². The first-order chi connectivity index (χ1) is 12.6. The quantitative estimate of drug-likeness (QED) is 0.257. The summed E-state index contributed by atoms with van der Waals surface area (Å²) in [6.07, 6.45) is 0. The van der Waals surface area contributed by atoms with Gasteiger partial charge < -0.3 is 10.1 Å². The van der Waals surface area contributed by atoms with Gasteiger partial charge in [-0.2, -0.15) is 5.26 Å². The molecule has 6 nitrogen and oxygen atoms in total. The molecule has 0 saturated carbocycles. The third kappa shape index (κ3) is 4.46. The maximum Gasteiger partial charge on any atom is 0.175 e. The highest BCUT2D eigenvalue weighted by molar-refractivity contribution is 8.03. The maximum absolute atomic E-state index is 10.3. The molecule has 0 fully saturated rings. The molecular weight excluding hydrogens is 386 g/mol. The minimum absolute atomic E-state index is 0.0390. The van der Waals surface area contributed by atoms with E-state index in [4.69, 9.17) is 0 Å². The first-order valence-corrected chi connectivity index (χ1v) is 10.4. The minimum Gasteiger partial charge on any atom is -0.510 e. The Morgan fingerprint density at radius 1 is 1.27 bits per heavy atom. The molecule has 1 aromatic carbocycles. The van der Waals surface area contributed by atoms with Crippen LogP contribution in [0.4, 0.5) is 0 Å². The first kappa shape index (κ1) is 18.5. The molecule has 2 aromatic heterocycles. The molecule has 0 spiro atoms. The monoisotopic (exact) mass is 401 g/mol. The average Bonchev–Trinajstić information content (AvgIpc) is 3.25. The number of H-pyrrole nitrogens is 1. The number of rotatable bonds is 7. The Balaban J connectivity index is 1.71. The Bertz CT molecular complexity index is 982. The molecule has 132 valence electrons. The van der Waals surface area contributed by atoms with E-state index in [-0.39, 0.29) is 17.1 Å². The molecule has 0 bridgehead atoms. The van der Waals surface area contributed by atoms with Crippen molar-refractivity contribution in [3.63, 3.8) is 0 Å². The lowest BCUT2D eigenvalue weighted by atomic mass is 10.2. The SMILES string of the molecule is C=C(C)CSc1nnc(SC/C(O)=C(\C#N)c2nc3ccccc3[nH]2)s1. The lowest BCUT2D eigenvalue weighted by Crippen LogP contribution is -1.95. The second-order valence-electron chi connectivity index (χ2n) is 5.40. The predicted octanol–water partition coefficient (Wildman–Crippen LogP) is 4.67. The summed E-state index contributed by atoms with van der Waals surface area (Å²) in [5.41, 5.74) is 2.78. The van der Waals surface area contributed by atoms with Gasteiger partial charge in [0.25, 0.3) is 0 Å². The van der Waals surface area contributed by atoms with E-state index >= 15 is 0 Å². The smallest absolute Gasteiger partial charge is 0.175 e. The number of aromatic nitrogens is 4. The van der Waals surface area contributed by atoms with Crippen LogP contribution in [0.25, 0.3) is 16.6 Å². The molecule has 2 heterocycles. The number of benzene rings is 1. The zero-order chi connectivity index (χ0) is 18.5. The topological polar surface area (TPSA) is 98.5 Å². The van der Waals surface area contributed by atoms with E-state index in [2.05, 4.69) is 26.7 Å². The zero-order valence-corrected chi connectivity index (χ0v) is 16.3. The third-order valence-corrected chi connectivity index (χ3v) is 6.62. The van der Waals surface area contributed by atoms with Gasteiger partial charge in [-0.3, -0.25) is 0 Å². The normalized spacial score (nSPS) is 12.0. The van der Waals surface area contributed by atoms with Crippen molar-refractivity contribution in [1.82, 2.24) is 20.2 Å². The van der Waals surface area contributed by atoms with Crippen molar-refractivity contribution in [3.05, 3.63) is 48.0 Å². The van der Waals surface area contributed by atoms with Crippen molar-refractivity contribution in [2.75, 3.05) is 11.5 Å². The van der Waals surface area contributed by atoms with E-state index in [1.807, 2.05) is 37.3 Å². The Morgan fingerprint density at radius 3 is 2.62 bits per heavy atom. The molecule has 0 atom stereocenters. The number of aliphatic hydroxyl groups excluding tert-OH is 1. The number of nitriles is 1. The van der Waals surface area contributed by atoms with Crippen LogP contribution < -0.4 is 0 Å². The first-order valence-electron chi connectivity index (χ1n) is 7.57. The Kier molecular flexibility index (Phi) is 5.98. The molecular formula is C17H15N5OS3. The highest BCUT2D eigenvalue weighted by atomic mass is 32.2.